The largest absolute Gasteiger partial charge is 0.425 e. The minimum Gasteiger partial charge on any atom is -0.425 e. The molecule has 0 aliphatic carbocycles. The first-order valence-electron chi connectivity index (χ1n) is 4.37. The zero-order valence-electron chi connectivity index (χ0n) is 7.72. The summed E-state index contributed by atoms with van der Waals surface area (Å²) < 4.78 is 5.03. The first kappa shape index (κ1) is 11.1. The molecule has 1 aromatic rings. The second-order valence-electron chi connectivity index (χ2n) is 2.85. The second-order valence-corrected chi connectivity index (χ2v) is 3.30. The van der Waals surface area contributed by atoms with Gasteiger partial charge in [-0.1, -0.05) is 18.2 Å². The van der Waals surface area contributed by atoms with Gasteiger partial charge >= 0.3 is 5.97 Å². The Hall–Kier alpha value is -1.00. The Morgan fingerprint density at radius 1 is 1.43 bits per heavy atom. The van der Waals surface area contributed by atoms with E-state index in [9.17, 15) is 4.79 Å². The molecule has 4 heteroatoms. The van der Waals surface area contributed by atoms with Crippen molar-refractivity contribution in [3.05, 3.63) is 30.3 Å². The van der Waals surface area contributed by atoms with E-state index in [-0.39, 0.29) is 0 Å². The van der Waals surface area contributed by atoms with E-state index in [4.69, 9.17) is 10.5 Å². The van der Waals surface area contributed by atoms with Crippen molar-refractivity contribution in [2.24, 2.45) is 5.73 Å². The number of hydrogen-bond donors (Lipinski definition) is 2. The topological polar surface area (TPSA) is 52.3 Å². The predicted molar refractivity (Wildman–Crippen MR) is 58.5 cm³/mol. The van der Waals surface area contributed by atoms with E-state index in [1.807, 2.05) is 6.07 Å². The smallest absolute Gasteiger partial charge is 0.328 e. The van der Waals surface area contributed by atoms with E-state index < -0.39 is 12.0 Å². The fourth-order valence-electron chi connectivity index (χ4n) is 0.937. The van der Waals surface area contributed by atoms with Crippen LogP contribution in [-0.2, 0) is 4.79 Å². The summed E-state index contributed by atoms with van der Waals surface area (Å²) in [7, 11) is 0. The Bertz CT molecular complexity index is 289. The first-order chi connectivity index (χ1) is 6.74. The quantitative estimate of drug-likeness (QED) is 0.447. The van der Waals surface area contributed by atoms with Crippen LogP contribution in [0.15, 0.2) is 30.3 Å². The molecule has 1 aromatic carbocycles. The molecule has 1 atom stereocenters. The molecule has 0 heterocycles. The number of hydrogen-bond acceptors (Lipinski definition) is 4. The highest BCUT2D eigenvalue weighted by atomic mass is 32.1. The molecular formula is C10H13NO2S. The summed E-state index contributed by atoms with van der Waals surface area (Å²) in [5.41, 5.74) is 5.55. The lowest BCUT2D eigenvalue weighted by atomic mass is 10.2. The molecule has 0 fully saturated rings. The molecule has 0 amide bonds. The van der Waals surface area contributed by atoms with E-state index in [2.05, 4.69) is 12.6 Å². The standard InChI is InChI=1S/C10H13NO2S/c11-9(6-7-14)10(12)13-8-4-2-1-3-5-8/h1-5,9,14H,6-7,11H2/t9-/m0/s1. The fourth-order valence-corrected chi connectivity index (χ4v) is 1.22. The van der Waals surface area contributed by atoms with E-state index in [1.54, 1.807) is 24.3 Å². The third kappa shape index (κ3) is 3.40. The van der Waals surface area contributed by atoms with Crippen LogP contribution in [-0.4, -0.2) is 17.8 Å². The van der Waals surface area contributed by atoms with Gasteiger partial charge in [0.15, 0.2) is 0 Å². The zero-order valence-corrected chi connectivity index (χ0v) is 8.61. The summed E-state index contributed by atoms with van der Waals surface area (Å²) in [6, 6.07) is 8.29. The van der Waals surface area contributed by atoms with Crippen LogP contribution >= 0.6 is 12.6 Å². The molecule has 3 nitrogen and oxygen atoms in total. The molecule has 2 N–H and O–H groups in total. The van der Waals surface area contributed by atoms with Crippen molar-refractivity contribution in [3.63, 3.8) is 0 Å². The molecule has 0 aliphatic heterocycles. The number of carbonyl (C=O) groups is 1. The van der Waals surface area contributed by atoms with Gasteiger partial charge in [-0.25, -0.2) is 4.79 Å². The Balaban J connectivity index is 2.49. The molecule has 0 radical (unpaired) electrons. The number of thiol groups is 1. The normalized spacial score (nSPS) is 12.1. The zero-order chi connectivity index (χ0) is 10.4. The molecular weight excluding hydrogens is 198 g/mol. The van der Waals surface area contributed by atoms with Gasteiger partial charge in [0.05, 0.1) is 0 Å². The average Bonchev–Trinajstić information content (AvgIpc) is 2.19. The van der Waals surface area contributed by atoms with Crippen molar-refractivity contribution in [1.29, 1.82) is 0 Å². The van der Waals surface area contributed by atoms with Crippen LogP contribution in [0.4, 0.5) is 0 Å². The molecule has 1 rings (SSSR count). The third-order valence-corrected chi connectivity index (χ3v) is 1.96. The highest BCUT2D eigenvalue weighted by Crippen LogP contribution is 2.09. The molecule has 0 aromatic heterocycles. The molecule has 0 saturated carbocycles. The summed E-state index contributed by atoms with van der Waals surface area (Å²) in [5.74, 6) is 0.683. The number of para-hydroxylation sites is 1. The Labute approximate surface area is 88.7 Å². The highest BCUT2D eigenvalue weighted by Gasteiger charge is 2.14. The van der Waals surface area contributed by atoms with E-state index in [0.29, 0.717) is 17.9 Å². The lowest BCUT2D eigenvalue weighted by Crippen LogP contribution is -2.34. The summed E-state index contributed by atoms with van der Waals surface area (Å²) in [6.07, 6.45) is 0.523. The van der Waals surface area contributed by atoms with E-state index in [1.165, 1.54) is 0 Å². The second kappa shape index (κ2) is 5.67. The van der Waals surface area contributed by atoms with Gasteiger partial charge in [0, 0.05) is 0 Å². The number of nitrogens with two attached hydrogens (primary N) is 1. The highest BCUT2D eigenvalue weighted by molar-refractivity contribution is 7.80. The molecule has 0 spiro atoms. The van der Waals surface area contributed by atoms with Crippen molar-refractivity contribution in [2.75, 3.05) is 5.75 Å². The van der Waals surface area contributed by atoms with Crippen LogP contribution < -0.4 is 10.5 Å². The van der Waals surface area contributed by atoms with Crippen LogP contribution in [0.1, 0.15) is 6.42 Å². The molecule has 76 valence electrons. The predicted octanol–water partition coefficient (Wildman–Crippen LogP) is 1.24. The number of carbonyl (C=O) groups excluding carboxylic acids is 1. The number of rotatable bonds is 4. The lowest BCUT2D eigenvalue weighted by Gasteiger charge is -2.09. The average molecular weight is 211 g/mol. The SMILES string of the molecule is N[C@@H](CCS)C(=O)Oc1ccccc1. The number of benzene rings is 1. The third-order valence-electron chi connectivity index (χ3n) is 1.70. The van der Waals surface area contributed by atoms with Gasteiger partial charge in [0.1, 0.15) is 11.8 Å². The minimum atomic E-state index is -0.590. The van der Waals surface area contributed by atoms with Crippen LogP contribution in [0.2, 0.25) is 0 Å². The first-order valence-corrected chi connectivity index (χ1v) is 5.00. The van der Waals surface area contributed by atoms with Crippen molar-refractivity contribution >= 4 is 18.6 Å². The van der Waals surface area contributed by atoms with Gasteiger partial charge < -0.3 is 10.5 Å². The van der Waals surface area contributed by atoms with Crippen molar-refractivity contribution < 1.29 is 9.53 Å². The lowest BCUT2D eigenvalue weighted by molar-refractivity contribution is -0.135. The molecule has 0 aliphatic rings. The fraction of sp³-hybridized carbons (Fsp3) is 0.300. The van der Waals surface area contributed by atoms with E-state index in [0.717, 1.165) is 0 Å². The van der Waals surface area contributed by atoms with Gasteiger partial charge in [0.2, 0.25) is 0 Å². The molecule has 0 bridgehead atoms. The van der Waals surface area contributed by atoms with E-state index >= 15 is 0 Å². The summed E-state index contributed by atoms with van der Waals surface area (Å²) in [4.78, 5) is 11.3. The number of esters is 1. The van der Waals surface area contributed by atoms with Gasteiger partial charge in [-0.2, -0.15) is 12.6 Å². The molecule has 0 saturated heterocycles. The summed E-state index contributed by atoms with van der Waals surface area (Å²) >= 11 is 3.99. The summed E-state index contributed by atoms with van der Waals surface area (Å²) in [6.45, 7) is 0. The van der Waals surface area contributed by atoms with Crippen LogP contribution in [0.3, 0.4) is 0 Å². The van der Waals surface area contributed by atoms with Crippen LogP contribution in [0.25, 0.3) is 0 Å². The van der Waals surface area contributed by atoms with Crippen molar-refractivity contribution in [1.82, 2.24) is 0 Å². The summed E-state index contributed by atoms with van der Waals surface area (Å²) in [5, 5.41) is 0. The van der Waals surface area contributed by atoms with Gasteiger partial charge in [-0.15, -0.1) is 0 Å². The minimum absolute atomic E-state index is 0.412. The maximum Gasteiger partial charge on any atom is 0.328 e. The van der Waals surface area contributed by atoms with Crippen molar-refractivity contribution in [2.45, 2.75) is 12.5 Å². The van der Waals surface area contributed by atoms with Crippen LogP contribution in [0.5, 0.6) is 5.75 Å². The maximum absolute atomic E-state index is 11.3. The molecule has 0 unspecified atom stereocenters. The van der Waals surface area contributed by atoms with Crippen LogP contribution in [0, 0.1) is 0 Å². The van der Waals surface area contributed by atoms with Gasteiger partial charge in [0.25, 0.3) is 0 Å². The van der Waals surface area contributed by atoms with Gasteiger partial charge in [-0.3, -0.25) is 0 Å². The Morgan fingerprint density at radius 3 is 2.64 bits per heavy atom. The Kier molecular flexibility index (Phi) is 4.49. The maximum atomic E-state index is 11.3. The Morgan fingerprint density at radius 2 is 2.07 bits per heavy atom. The van der Waals surface area contributed by atoms with Gasteiger partial charge in [-0.05, 0) is 24.3 Å². The molecule has 14 heavy (non-hydrogen) atoms. The number of ether oxygens (including phenoxy) is 1. The monoisotopic (exact) mass is 211 g/mol. The van der Waals surface area contributed by atoms with Crippen molar-refractivity contribution in [3.8, 4) is 5.75 Å².